The molecule has 0 heterocycles. The van der Waals surface area contributed by atoms with E-state index in [1.54, 1.807) is 0 Å². The predicted molar refractivity (Wildman–Crippen MR) is 124 cm³/mol. The zero-order valence-corrected chi connectivity index (χ0v) is 24.0. The number of aliphatic imine (C=N–C) groups is 2. The Balaban J connectivity index is -0.000000145. The van der Waals surface area contributed by atoms with Crippen molar-refractivity contribution in [2.45, 2.75) is 115 Å². The summed E-state index contributed by atoms with van der Waals surface area (Å²) in [6.45, 7) is 31.2. The van der Waals surface area contributed by atoms with Gasteiger partial charge in [0.2, 0.25) is 0 Å². The fourth-order valence-corrected chi connectivity index (χ4v) is 1.58. The molecule has 0 bridgehead atoms. The molecule has 0 aromatic carbocycles. The van der Waals surface area contributed by atoms with E-state index in [1.165, 1.54) is 11.4 Å². The average molecular weight is 459 g/mol. The first-order valence-corrected chi connectivity index (χ1v) is 10.5. The molecule has 0 fully saturated rings. The summed E-state index contributed by atoms with van der Waals surface area (Å²) >= 11 is 0. The zero-order chi connectivity index (χ0) is 21.4. The molecule has 0 saturated carbocycles. The van der Waals surface area contributed by atoms with Gasteiger partial charge in [-0.2, -0.15) is 0 Å². The van der Waals surface area contributed by atoms with Crippen LogP contribution in [-0.4, -0.2) is 36.1 Å². The van der Waals surface area contributed by atoms with Crippen LogP contribution in [0.5, 0.6) is 0 Å². The van der Waals surface area contributed by atoms with Gasteiger partial charge in [0.05, 0.1) is 0 Å². The topological polar surface area (TPSA) is 36.8 Å². The molecule has 0 spiro atoms. The van der Waals surface area contributed by atoms with E-state index in [-0.39, 0.29) is 32.7 Å². The molecule has 0 aromatic rings. The van der Waals surface area contributed by atoms with E-state index in [0.717, 1.165) is 12.5 Å². The Labute approximate surface area is 198 Å². The second-order valence-electron chi connectivity index (χ2n) is 8.99. The summed E-state index contributed by atoms with van der Waals surface area (Å²) in [5.41, 5.74) is 2.51. The van der Waals surface area contributed by atoms with Crippen LogP contribution in [-0.2, 0) is 32.7 Å². The number of nitrogens with zero attached hydrogens (tertiary/aromatic N) is 2. The van der Waals surface area contributed by atoms with Crippen LogP contribution in [0.4, 0.5) is 0 Å². The molecule has 0 amide bonds. The molecule has 0 atom stereocenters. The van der Waals surface area contributed by atoms with Crippen LogP contribution >= 0.6 is 0 Å². The van der Waals surface area contributed by atoms with Gasteiger partial charge in [0.15, 0.2) is 0 Å². The number of hydrogen-bond acceptors (Lipinski definition) is 3. The first kappa shape index (κ1) is 34.9. The maximum atomic E-state index is 4.39. The molecule has 3 nitrogen and oxygen atoms in total. The van der Waals surface area contributed by atoms with Gasteiger partial charge in [-0.25, -0.2) is 0 Å². The van der Waals surface area contributed by atoms with Gasteiger partial charge >= 0.3 is 0 Å². The largest absolute Gasteiger partial charge is 0.314 e. The Bertz CT molecular complexity index is 332. The van der Waals surface area contributed by atoms with Gasteiger partial charge in [0.25, 0.3) is 0 Å². The second kappa shape index (κ2) is 21.1. The van der Waals surface area contributed by atoms with E-state index in [2.05, 4.69) is 112 Å². The zero-order valence-electron chi connectivity index (χ0n) is 21.1. The normalized spacial score (nSPS) is 12.3. The van der Waals surface area contributed by atoms with Gasteiger partial charge < -0.3 is 5.32 Å². The van der Waals surface area contributed by atoms with E-state index in [1.807, 2.05) is 0 Å². The minimum absolute atomic E-state index is 0. The van der Waals surface area contributed by atoms with E-state index >= 15 is 0 Å². The van der Waals surface area contributed by atoms with E-state index in [0.29, 0.717) is 30.0 Å². The molecule has 27 heavy (non-hydrogen) atoms. The van der Waals surface area contributed by atoms with E-state index in [9.17, 15) is 0 Å². The van der Waals surface area contributed by atoms with Crippen LogP contribution < -0.4 is 5.32 Å². The molecule has 0 saturated heterocycles. The molecule has 161 valence electrons. The fourth-order valence-electron chi connectivity index (χ4n) is 1.58. The molecule has 1 N–H and O–H groups in total. The molecular weight excluding hydrogens is 407 g/mol. The molecule has 0 aliphatic rings. The first-order chi connectivity index (χ1) is 11.7. The minimum atomic E-state index is 0. The Kier molecular flexibility index (Phi) is 27.3. The van der Waals surface area contributed by atoms with Gasteiger partial charge in [0, 0.05) is 62.3 Å². The quantitative estimate of drug-likeness (QED) is 0.426. The monoisotopic (exact) mass is 458 g/mol. The van der Waals surface area contributed by atoms with E-state index < -0.39 is 0 Å². The first-order valence-electron chi connectivity index (χ1n) is 10.5. The van der Waals surface area contributed by atoms with Crippen molar-refractivity contribution in [3.8, 4) is 0 Å². The third-order valence-electron chi connectivity index (χ3n) is 3.53. The van der Waals surface area contributed by atoms with Crippen LogP contribution in [0.1, 0.15) is 96.9 Å². The molecule has 0 aromatic heterocycles. The molecule has 1 radical (unpaired) electrons. The van der Waals surface area contributed by atoms with Crippen LogP contribution in [0.25, 0.3) is 0 Å². The molecule has 0 aliphatic carbocycles. The van der Waals surface area contributed by atoms with Gasteiger partial charge in [-0.1, -0.05) is 55.4 Å². The van der Waals surface area contributed by atoms with Crippen molar-refractivity contribution in [2.24, 2.45) is 27.7 Å². The molecule has 4 heteroatoms. The van der Waals surface area contributed by atoms with Crippen molar-refractivity contribution in [3.05, 3.63) is 0 Å². The third-order valence-corrected chi connectivity index (χ3v) is 3.53. The summed E-state index contributed by atoms with van der Waals surface area (Å²) in [5, 5.41) is 3.34. The van der Waals surface area contributed by atoms with E-state index in [4.69, 9.17) is 0 Å². The summed E-state index contributed by atoms with van der Waals surface area (Å²) in [7, 11) is 0. The van der Waals surface area contributed by atoms with Gasteiger partial charge in [-0.05, 0) is 65.8 Å². The predicted octanol–water partition coefficient (Wildman–Crippen LogP) is 6.66. The molecule has 0 aliphatic heterocycles. The standard InChI is InChI=1S/2C8H17N.C7H17N.Y/c2*1-6(2)8(5)9-7(3)4;1-6(2)5-8-7(3)4;/h2*6-7H,1-5H3;6-8H,5H2,1-4H3;. The summed E-state index contributed by atoms with van der Waals surface area (Å²) in [4.78, 5) is 8.79. The van der Waals surface area contributed by atoms with Crippen molar-refractivity contribution < 1.29 is 32.7 Å². The SMILES string of the molecule is CC(=NC(C)C)C(C)C.CC(=NC(C)C)C(C)C.CC(C)CNC(C)C.[Y]. The van der Waals surface area contributed by atoms with Crippen LogP contribution in [0.2, 0.25) is 0 Å². The Morgan fingerprint density at radius 1 is 0.630 bits per heavy atom. The number of rotatable bonds is 7. The molecule has 0 unspecified atom stereocenters. The smallest absolute Gasteiger partial charge is 0.0442 e. The Morgan fingerprint density at radius 2 is 0.926 bits per heavy atom. The summed E-state index contributed by atoms with van der Waals surface area (Å²) in [6, 6.07) is 1.54. The minimum Gasteiger partial charge on any atom is -0.314 e. The van der Waals surface area contributed by atoms with Crippen molar-refractivity contribution in [1.29, 1.82) is 0 Å². The van der Waals surface area contributed by atoms with Gasteiger partial charge in [0.1, 0.15) is 0 Å². The number of nitrogens with one attached hydrogen (secondary N) is 1. The van der Waals surface area contributed by atoms with Crippen LogP contribution in [0.3, 0.4) is 0 Å². The maximum Gasteiger partial charge on any atom is 0.0442 e. The summed E-state index contributed by atoms with van der Waals surface area (Å²) in [6.07, 6.45) is 0. The Hall–Kier alpha value is 0.404. The summed E-state index contributed by atoms with van der Waals surface area (Å²) < 4.78 is 0. The number of hydrogen-bond donors (Lipinski definition) is 1. The van der Waals surface area contributed by atoms with Gasteiger partial charge in [-0.15, -0.1) is 0 Å². The third kappa shape index (κ3) is 34.3. The van der Waals surface area contributed by atoms with Crippen LogP contribution in [0, 0.1) is 17.8 Å². The summed E-state index contributed by atoms with van der Waals surface area (Å²) in [5.74, 6) is 1.98. The van der Waals surface area contributed by atoms with Crippen molar-refractivity contribution in [1.82, 2.24) is 5.32 Å². The van der Waals surface area contributed by atoms with Crippen molar-refractivity contribution in [3.63, 3.8) is 0 Å². The van der Waals surface area contributed by atoms with Crippen LogP contribution in [0.15, 0.2) is 9.98 Å². The van der Waals surface area contributed by atoms with Crippen molar-refractivity contribution in [2.75, 3.05) is 6.54 Å². The Morgan fingerprint density at radius 3 is 1.00 bits per heavy atom. The average Bonchev–Trinajstić information content (AvgIpc) is 2.44. The molecular formula is C23H51N3Y. The van der Waals surface area contributed by atoms with Gasteiger partial charge in [-0.3, -0.25) is 9.98 Å². The van der Waals surface area contributed by atoms with Crippen molar-refractivity contribution >= 4 is 11.4 Å². The maximum absolute atomic E-state index is 4.39. The molecule has 0 rings (SSSR count). The fraction of sp³-hybridized carbons (Fsp3) is 0.913. The second-order valence-corrected chi connectivity index (χ2v) is 8.99.